The summed E-state index contributed by atoms with van der Waals surface area (Å²) in [5.74, 6) is 0. The van der Waals surface area contributed by atoms with Crippen molar-refractivity contribution in [3.05, 3.63) is 60.7 Å². The number of fused-ring (bicyclic) bond motifs is 1. The lowest BCUT2D eigenvalue weighted by Gasteiger charge is -2.05. The van der Waals surface area contributed by atoms with E-state index in [-0.39, 0.29) is 0 Å². The third-order valence-corrected chi connectivity index (χ3v) is 3.02. The summed E-state index contributed by atoms with van der Waals surface area (Å²) in [6.07, 6.45) is 7.34. The predicted molar refractivity (Wildman–Crippen MR) is 79.1 cm³/mol. The maximum absolute atomic E-state index is 5.26. The summed E-state index contributed by atoms with van der Waals surface area (Å²) in [5, 5.41) is 8.17. The predicted octanol–water partition coefficient (Wildman–Crippen LogP) is 3.40. The van der Waals surface area contributed by atoms with Crippen LogP contribution in [-0.4, -0.2) is 21.2 Å². The highest BCUT2D eigenvalue weighted by Gasteiger charge is 2.07. The Bertz CT molecular complexity index is 732. The van der Waals surface area contributed by atoms with Crippen LogP contribution in [0.15, 0.2) is 55.2 Å². The monoisotopic (exact) mass is 265 g/mol. The van der Waals surface area contributed by atoms with E-state index in [0.29, 0.717) is 6.61 Å². The first-order valence-corrected chi connectivity index (χ1v) is 6.55. The van der Waals surface area contributed by atoms with Crippen molar-refractivity contribution in [1.82, 2.24) is 14.6 Å². The van der Waals surface area contributed by atoms with Crippen LogP contribution in [0.1, 0.15) is 12.5 Å². The van der Waals surface area contributed by atoms with E-state index in [1.807, 2.05) is 41.8 Å². The average molecular weight is 265 g/mol. The lowest BCUT2D eigenvalue weighted by Crippen LogP contribution is -1.90. The lowest BCUT2D eigenvalue weighted by molar-refractivity contribution is 0.272. The van der Waals surface area contributed by atoms with Crippen LogP contribution in [0, 0.1) is 0 Å². The smallest absolute Gasteiger partial charge is 0.168 e. The average Bonchev–Trinajstić information content (AvgIpc) is 2.96. The van der Waals surface area contributed by atoms with Gasteiger partial charge in [-0.3, -0.25) is 4.40 Å². The first kappa shape index (κ1) is 12.4. The van der Waals surface area contributed by atoms with Crippen molar-refractivity contribution in [3.63, 3.8) is 0 Å². The van der Waals surface area contributed by atoms with E-state index in [0.717, 1.165) is 22.3 Å². The lowest BCUT2D eigenvalue weighted by atomic mass is 10.1. The summed E-state index contributed by atoms with van der Waals surface area (Å²) in [5.41, 5.74) is 4.08. The molecular formula is C16H15N3O. The summed E-state index contributed by atoms with van der Waals surface area (Å²) in [4.78, 5) is 0. The number of nitrogens with zero attached hydrogens (tertiary/aromatic N) is 3. The van der Waals surface area contributed by atoms with Gasteiger partial charge < -0.3 is 4.74 Å². The minimum Gasteiger partial charge on any atom is -0.501 e. The minimum absolute atomic E-state index is 0.664. The minimum atomic E-state index is 0.664. The third-order valence-electron chi connectivity index (χ3n) is 3.02. The van der Waals surface area contributed by atoms with Crippen molar-refractivity contribution < 1.29 is 4.74 Å². The summed E-state index contributed by atoms with van der Waals surface area (Å²) in [6.45, 7) is 2.62. The zero-order valence-corrected chi connectivity index (χ0v) is 11.2. The number of hydrogen-bond acceptors (Lipinski definition) is 3. The highest BCUT2D eigenvalue weighted by molar-refractivity contribution is 5.79. The van der Waals surface area contributed by atoms with Gasteiger partial charge in [-0.15, -0.1) is 10.2 Å². The van der Waals surface area contributed by atoms with Crippen molar-refractivity contribution in [1.29, 1.82) is 0 Å². The molecule has 0 amide bonds. The fourth-order valence-corrected chi connectivity index (χ4v) is 2.10. The number of hydrogen-bond donors (Lipinski definition) is 0. The van der Waals surface area contributed by atoms with Crippen LogP contribution in [0.5, 0.6) is 0 Å². The fraction of sp³-hybridized carbons (Fsp3) is 0.125. The Morgan fingerprint density at radius 1 is 1.25 bits per heavy atom. The second-order valence-electron chi connectivity index (χ2n) is 4.37. The molecule has 3 rings (SSSR count). The number of benzene rings is 1. The van der Waals surface area contributed by atoms with Gasteiger partial charge in [0.15, 0.2) is 5.65 Å². The van der Waals surface area contributed by atoms with E-state index in [2.05, 4.69) is 28.4 Å². The fourth-order valence-electron chi connectivity index (χ4n) is 2.10. The van der Waals surface area contributed by atoms with E-state index in [1.165, 1.54) is 0 Å². The summed E-state index contributed by atoms with van der Waals surface area (Å²) >= 11 is 0. The molecule has 0 fully saturated rings. The highest BCUT2D eigenvalue weighted by atomic mass is 16.5. The van der Waals surface area contributed by atoms with E-state index in [1.54, 1.807) is 12.6 Å². The van der Waals surface area contributed by atoms with Crippen molar-refractivity contribution in [2.75, 3.05) is 6.61 Å². The first-order valence-electron chi connectivity index (χ1n) is 6.55. The number of rotatable bonds is 4. The molecule has 0 saturated carbocycles. The van der Waals surface area contributed by atoms with Crippen LogP contribution in [0.3, 0.4) is 0 Å². The molecule has 3 aromatic rings. The topological polar surface area (TPSA) is 39.4 Å². The van der Waals surface area contributed by atoms with Crippen LogP contribution in [-0.2, 0) is 4.74 Å². The number of ether oxygens (including phenoxy) is 1. The maximum Gasteiger partial charge on any atom is 0.168 e. The normalized spacial score (nSPS) is 11.2. The van der Waals surface area contributed by atoms with Gasteiger partial charge in [-0.25, -0.2) is 0 Å². The second kappa shape index (κ2) is 5.57. The molecule has 0 aliphatic heterocycles. The largest absolute Gasteiger partial charge is 0.501 e. The van der Waals surface area contributed by atoms with Crippen molar-refractivity contribution in [2.24, 2.45) is 0 Å². The Morgan fingerprint density at radius 2 is 2.10 bits per heavy atom. The Kier molecular flexibility index (Phi) is 3.46. The second-order valence-corrected chi connectivity index (χ2v) is 4.37. The zero-order chi connectivity index (χ0) is 13.8. The molecule has 0 saturated heterocycles. The summed E-state index contributed by atoms with van der Waals surface area (Å²) in [7, 11) is 0. The van der Waals surface area contributed by atoms with Gasteiger partial charge in [-0.05, 0) is 30.2 Å². The first-order chi connectivity index (χ1) is 9.88. The molecule has 0 aliphatic rings. The molecule has 0 atom stereocenters. The van der Waals surface area contributed by atoms with E-state index < -0.39 is 0 Å². The molecule has 0 unspecified atom stereocenters. The quantitative estimate of drug-likeness (QED) is 0.679. The molecule has 0 radical (unpaired) electrons. The van der Waals surface area contributed by atoms with E-state index in [9.17, 15) is 0 Å². The molecule has 0 aliphatic carbocycles. The molecule has 0 bridgehead atoms. The van der Waals surface area contributed by atoms with Crippen molar-refractivity contribution in [2.45, 2.75) is 6.92 Å². The number of aromatic nitrogens is 3. The van der Waals surface area contributed by atoms with Gasteiger partial charge in [-0.2, -0.15) is 0 Å². The van der Waals surface area contributed by atoms with Crippen LogP contribution in [0.25, 0.3) is 22.9 Å². The van der Waals surface area contributed by atoms with Gasteiger partial charge in [0.05, 0.1) is 12.9 Å². The van der Waals surface area contributed by atoms with Crippen LogP contribution in [0.2, 0.25) is 0 Å². The molecule has 4 nitrogen and oxygen atoms in total. The molecule has 20 heavy (non-hydrogen) atoms. The van der Waals surface area contributed by atoms with E-state index >= 15 is 0 Å². The van der Waals surface area contributed by atoms with E-state index in [4.69, 9.17) is 4.74 Å². The van der Waals surface area contributed by atoms with Crippen LogP contribution < -0.4 is 0 Å². The van der Waals surface area contributed by atoms with Crippen molar-refractivity contribution >= 4 is 11.7 Å². The standard InChI is InChI=1S/C16H15N3O/c1-2-20-9-8-13-10-15(14-6-4-3-5-7-14)16-18-17-12-19(16)11-13/h3-12H,2H2,1H3/b9-8-. The van der Waals surface area contributed by atoms with Gasteiger partial charge in [0, 0.05) is 11.8 Å². The molecule has 2 heterocycles. The molecular weight excluding hydrogens is 250 g/mol. The van der Waals surface area contributed by atoms with Gasteiger partial charge in [0.1, 0.15) is 6.33 Å². The van der Waals surface area contributed by atoms with Gasteiger partial charge in [0.2, 0.25) is 0 Å². The Hall–Kier alpha value is -2.62. The molecule has 4 heteroatoms. The molecule has 2 aromatic heterocycles. The molecule has 0 N–H and O–H groups in total. The van der Waals surface area contributed by atoms with Gasteiger partial charge in [0.25, 0.3) is 0 Å². The van der Waals surface area contributed by atoms with Crippen LogP contribution >= 0.6 is 0 Å². The maximum atomic E-state index is 5.26. The van der Waals surface area contributed by atoms with Crippen LogP contribution in [0.4, 0.5) is 0 Å². The molecule has 0 spiro atoms. The Labute approximate surface area is 117 Å². The van der Waals surface area contributed by atoms with Gasteiger partial charge >= 0.3 is 0 Å². The van der Waals surface area contributed by atoms with Crippen molar-refractivity contribution in [3.8, 4) is 11.1 Å². The zero-order valence-electron chi connectivity index (χ0n) is 11.2. The van der Waals surface area contributed by atoms with Gasteiger partial charge in [-0.1, -0.05) is 30.3 Å². The highest BCUT2D eigenvalue weighted by Crippen LogP contribution is 2.24. The summed E-state index contributed by atoms with van der Waals surface area (Å²) in [6, 6.07) is 12.3. The third kappa shape index (κ3) is 2.40. The number of pyridine rings is 1. The Balaban J connectivity index is 2.12. The Morgan fingerprint density at radius 3 is 2.90 bits per heavy atom. The molecule has 100 valence electrons. The molecule has 1 aromatic carbocycles. The summed E-state index contributed by atoms with van der Waals surface area (Å²) < 4.78 is 7.18. The SMILES string of the molecule is CCO/C=C\c1cc(-c2ccccc2)c2nncn2c1.